The van der Waals surface area contributed by atoms with Crippen molar-refractivity contribution in [1.29, 1.82) is 0 Å². The van der Waals surface area contributed by atoms with E-state index >= 15 is 0 Å². The zero-order valence-electron chi connectivity index (χ0n) is 7.09. The first-order valence-electron chi connectivity index (χ1n) is 3.58. The van der Waals surface area contributed by atoms with E-state index in [1.807, 2.05) is 0 Å². The molecular formula is C8H4Cl3NO3. The molecule has 0 heterocycles. The second-order valence-corrected chi connectivity index (χ2v) is 3.68. The molecular weight excluding hydrogens is 264 g/mol. The molecule has 0 aromatic heterocycles. The van der Waals surface area contributed by atoms with Gasteiger partial charge >= 0.3 is 12.1 Å². The van der Waals surface area contributed by atoms with Crippen molar-refractivity contribution in [3.05, 3.63) is 32.8 Å². The van der Waals surface area contributed by atoms with Crippen LogP contribution in [0.25, 0.3) is 0 Å². The van der Waals surface area contributed by atoms with Crippen LogP contribution in [0.2, 0.25) is 15.1 Å². The third kappa shape index (κ3) is 2.99. The van der Waals surface area contributed by atoms with Crippen LogP contribution in [0.4, 0.5) is 4.79 Å². The van der Waals surface area contributed by atoms with Gasteiger partial charge in [0.25, 0.3) is 0 Å². The average Bonchev–Trinajstić information content (AvgIpc) is 2.09. The standard InChI is InChI=1S/C8H4Cl3NO3/c9-4-2-6(11)5(10)1-3(4)7(13)15-8(12)14/h1-2H,(H2,12,14). The van der Waals surface area contributed by atoms with Gasteiger partial charge in [0.05, 0.1) is 20.6 Å². The van der Waals surface area contributed by atoms with Crippen LogP contribution in [0, 0.1) is 0 Å². The molecule has 4 nitrogen and oxygen atoms in total. The summed E-state index contributed by atoms with van der Waals surface area (Å²) in [5.74, 6) is -0.980. The molecule has 0 saturated carbocycles. The Morgan fingerprint density at radius 3 is 2.13 bits per heavy atom. The Balaban J connectivity index is 3.09. The van der Waals surface area contributed by atoms with E-state index in [0.717, 1.165) is 0 Å². The lowest BCUT2D eigenvalue weighted by atomic mass is 10.2. The van der Waals surface area contributed by atoms with Crippen LogP contribution >= 0.6 is 34.8 Å². The summed E-state index contributed by atoms with van der Waals surface area (Å²) in [6, 6.07) is 2.46. The lowest BCUT2D eigenvalue weighted by molar-refractivity contribution is 0.0638. The SMILES string of the molecule is NC(=O)OC(=O)c1cc(Cl)c(Cl)cc1Cl. The molecule has 0 fully saturated rings. The highest BCUT2D eigenvalue weighted by atomic mass is 35.5. The summed E-state index contributed by atoms with van der Waals surface area (Å²) < 4.78 is 4.13. The zero-order chi connectivity index (χ0) is 11.6. The van der Waals surface area contributed by atoms with Gasteiger partial charge in [-0.2, -0.15) is 0 Å². The number of carbonyl (C=O) groups is 2. The van der Waals surface area contributed by atoms with E-state index in [1.54, 1.807) is 0 Å². The fraction of sp³-hybridized carbons (Fsp3) is 0. The lowest BCUT2D eigenvalue weighted by Crippen LogP contribution is -2.18. The normalized spacial score (nSPS) is 9.80. The van der Waals surface area contributed by atoms with E-state index < -0.39 is 12.1 Å². The predicted octanol–water partition coefficient (Wildman–Crippen LogP) is 2.88. The number of hydrogen-bond acceptors (Lipinski definition) is 3. The van der Waals surface area contributed by atoms with Crippen molar-refractivity contribution in [2.75, 3.05) is 0 Å². The fourth-order valence-electron chi connectivity index (χ4n) is 0.825. The minimum atomic E-state index is -1.22. The molecule has 0 atom stereocenters. The monoisotopic (exact) mass is 267 g/mol. The first-order chi connectivity index (χ1) is 6.91. The number of rotatable bonds is 1. The summed E-state index contributed by atoms with van der Waals surface area (Å²) in [7, 11) is 0. The fourth-order valence-corrected chi connectivity index (χ4v) is 1.45. The Morgan fingerprint density at radius 1 is 1.07 bits per heavy atom. The number of halogens is 3. The molecule has 1 aromatic carbocycles. The van der Waals surface area contributed by atoms with Crippen LogP contribution < -0.4 is 5.73 Å². The van der Waals surface area contributed by atoms with Gasteiger partial charge in [0.15, 0.2) is 0 Å². The van der Waals surface area contributed by atoms with Crippen molar-refractivity contribution in [2.45, 2.75) is 0 Å². The maximum Gasteiger partial charge on any atom is 0.412 e. The maximum atomic E-state index is 11.2. The van der Waals surface area contributed by atoms with Gasteiger partial charge in [0, 0.05) is 0 Å². The summed E-state index contributed by atoms with van der Waals surface area (Å²) in [6.45, 7) is 0. The molecule has 0 aliphatic rings. The van der Waals surface area contributed by atoms with Crippen molar-refractivity contribution in [3.8, 4) is 0 Å². The van der Waals surface area contributed by atoms with Crippen LogP contribution in [0.15, 0.2) is 12.1 Å². The van der Waals surface area contributed by atoms with Crippen molar-refractivity contribution in [3.63, 3.8) is 0 Å². The van der Waals surface area contributed by atoms with E-state index in [2.05, 4.69) is 10.5 Å². The molecule has 0 unspecified atom stereocenters. The first kappa shape index (κ1) is 12.1. The Labute approximate surface area is 99.8 Å². The molecule has 1 aromatic rings. The number of nitrogens with two attached hydrogens (primary N) is 1. The highest BCUT2D eigenvalue weighted by Crippen LogP contribution is 2.29. The number of hydrogen-bond donors (Lipinski definition) is 1. The van der Waals surface area contributed by atoms with Gasteiger partial charge in [-0.15, -0.1) is 0 Å². The average molecular weight is 268 g/mol. The third-order valence-corrected chi connectivity index (χ3v) is 2.46. The Morgan fingerprint density at radius 2 is 1.60 bits per heavy atom. The minimum Gasteiger partial charge on any atom is -0.373 e. The van der Waals surface area contributed by atoms with E-state index in [4.69, 9.17) is 34.8 Å². The van der Waals surface area contributed by atoms with Crippen LogP contribution in [0.3, 0.4) is 0 Å². The molecule has 1 amide bonds. The Bertz CT molecular complexity index is 433. The van der Waals surface area contributed by atoms with Gasteiger partial charge in [-0.25, -0.2) is 9.59 Å². The molecule has 2 N–H and O–H groups in total. The summed E-state index contributed by atoms with van der Waals surface area (Å²) in [6.07, 6.45) is -1.22. The van der Waals surface area contributed by atoms with Crippen LogP contribution in [0.1, 0.15) is 10.4 Å². The van der Waals surface area contributed by atoms with Crippen LogP contribution in [-0.4, -0.2) is 12.1 Å². The second kappa shape index (κ2) is 4.70. The second-order valence-electron chi connectivity index (χ2n) is 2.45. The van der Waals surface area contributed by atoms with Gasteiger partial charge in [0.1, 0.15) is 0 Å². The van der Waals surface area contributed by atoms with Gasteiger partial charge in [-0.1, -0.05) is 34.8 Å². The number of esters is 1. The summed E-state index contributed by atoms with van der Waals surface area (Å²) in [5, 5.41) is 0.338. The zero-order valence-corrected chi connectivity index (χ0v) is 9.36. The van der Waals surface area contributed by atoms with Crippen molar-refractivity contribution < 1.29 is 14.3 Å². The van der Waals surface area contributed by atoms with E-state index in [-0.39, 0.29) is 20.6 Å². The number of ether oxygens (including phenoxy) is 1. The molecule has 0 saturated heterocycles. The van der Waals surface area contributed by atoms with Crippen molar-refractivity contribution in [1.82, 2.24) is 0 Å². The first-order valence-corrected chi connectivity index (χ1v) is 4.71. The highest BCUT2D eigenvalue weighted by molar-refractivity contribution is 6.44. The summed E-state index contributed by atoms with van der Waals surface area (Å²) >= 11 is 17.0. The number of primary amides is 1. The van der Waals surface area contributed by atoms with Gasteiger partial charge in [-0.05, 0) is 12.1 Å². The Hall–Kier alpha value is -0.970. The van der Waals surface area contributed by atoms with Crippen molar-refractivity contribution in [2.24, 2.45) is 5.73 Å². The summed E-state index contributed by atoms with van der Waals surface area (Å²) in [4.78, 5) is 21.6. The minimum absolute atomic E-state index is 0.0238. The molecule has 0 aliphatic heterocycles. The summed E-state index contributed by atoms with van der Waals surface area (Å²) in [5.41, 5.74) is 4.59. The van der Waals surface area contributed by atoms with E-state index in [1.165, 1.54) is 12.1 Å². The predicted molar refractivity (Wildman–Crippen MR) is 56.5 cm³/mol. The molecule has 0 aliphatic carbocycles. The molecule has 7 heteroatoms. The topological polar surface area (TPSA) is 69.4 Å². The molecule has 0 spiro atoms. The smallest absolute Gasteiger partial charge is 0.373 e. The van der Waals surface area contributed by atoms with Crippen LogP contribution in [0.5, 0.6) is 0 Å². The van der Waals surface area contributed by atoms with E-state index in [0.29, 0.717) is 0 Å². The van der Waals surface area contributed by atoms with Gasteiger partial charge in [0.2, 0.25) is 0 Å². The maximum absolute atomic E-state index is 11.2. The number of benzene rings is 1. The largest absolute Gasteiger partial charge is 0.412 e. The lowest BCUT2D eigenvalue weighted by Gasteiger charge is -2.04. The molecule has 80 valence electrons. The van der Waals surface area contributed by atoms with Crippen LogP contribution in [-0.2, 0) is 4.74 Å². The quantitative estimate of drug-likeness (QED) is 0.484. The Kier molecular flexibility index (Phi) is 3.79. The number of amides is 1. The van der Waals surface area contributed by atoms with Crippen molar-refractivity contribution >= 4 is 46.9 Å². The third-order valence-electron chi connectivity index (χ3n) is 1.42. The molecule has 0 radical (unpaired) electrons. The molecule has 15 heavy (non-hydrogen) atoms. The van der Waals surface area contributed by atoms with E-state index in [9.17, 15) is 9.59 Å². The van der Waals surface area contributed by atoms with Gasteiger partial charge in [-0.3, -0.25) is 0 Å². The van der Waals surface area contributed by atoms with Gasteiger partial charge < -0.3 is 10.5 Å². The molecule has 0 bridgehead atoms. The highest BCUT2D eigenvalue weighted by Gasteiger charge is 2.16. The molecule has 1 rings (SSSR count). The number of carbonyl (C=O) groups excluding carboxylic acids is 2.